The molecule has 1 aromatic rings. The summed E-state index contributed by atoms with van der Waals surface area (Å²) in [6.45, 7) is 7.30. The van der Waals surface area contributed by atoms with Crippen molar-refractivity contribution in [3.63, 3.8) is 0 Å². The molecule has 0 saturated carbocycles. The van der Waals surface area contributed by atoms with Crippen LogP contribution >= 0.6 is 0 Å². The number of nitrogens with zero attached hydrogens (tertiary/aromatic N) is 1. The second kappa shape index (κ2) is 8.64. The van der Waals surface area contributed by atoms with Crippen LogP contribution in [0.5, 0.6) is 0 Å². The summed E-state index contributed by atoms with van der Waals surface area (Å²) >= 11 is 0. The molecule has 0 spiro atoms. The van der Waals surface area contributed by atoms with E-state index in [9.17, 15) is 14.7 Å². The Hall–Kier alpha value is -2.14. The van der Waals surface area contributed by atoms with E-state index in [-0.39, 0.29) is 0 Å². The summed E-state index contributed by atoms with van der Waals surface area (Å²) in [6, 6.07) is 8.94. The Morgan fingerprint density at radius 3 is 2.67 bits per heavy atom. The molecular formula is C19H25NO4. The lowest BCUT2D eigenvalue weighted by molar-refractivity contribution is -0.161. The second-order valence-electron chi connectivity index (χ2n) is 6.26. The van der Waals surface area contributed by atoms with Crippen molar-refractivity contribution in [1.82, 2.24) is 4.90 Å². The minimum absolute atomic E-state index is 0.314. The van der Waals surface area contributed by atoms with Crippen LogP contribution in [0, 0.1) is 5.92 Å². The molecule has 1 aromatic carbocycles. The third kappa shape index (κ3) is 4.68. The first-order valence-corrected chi connectivity index (χ1v) is 8.37. The van der Waals surface area contributed by atoms with Gasteiger partial charge in [-0.15, -0.1) is 0 Å². The number of carbonyl (C=O) groups excluding carboxylic acids is 1. The van der Waals surface area contributed by atoms with Crippen LogP contribution in [0.3, 0.4) is 0 Å². The molecule has 1 aliphatic rings. The van der Waals surface area contributed by atoms with Gasteiger partial charge in [-0.3, -0.25) is 14.5 Å². The fraction of sp³-hybridized carbons (Fsp3) is 0.474. The van der Waals surface area contributed by atoms with Gasteiger partial charge >= 0.3 is 11.9 Å². The Balaban J connectivity index is 2.20. The molecule has 24 heavy (non-hydrogen) atoms. The molecule has 1 heterocycles. The van der Waals surface area contributed by atoms with Crippen molar-refractivity contribution < 1.29 is 19.4 Å². The van der Waals surface area contributed by atoms with E-state index in [4.69, 9.17) is 4.74 Å². The van der Waals surface area contributed by atoms with E-state index in [0.717, 1.165) is 24.0 Å². The van der Waals surface area contributed by atoms with Crippen molar-refractivity contribution in [2.75, 3.05) is 13.2 Å². The summed E-state index contributed by atoms with van der Waals surface area (Å²) in [5.74, 6) is -2.24. The predicted molar refractivity (Wildman–Crippen MR) is 91.4 cm³/mol. The zero-order valence-electron chi connectivity index (χ0n) is 14.1. The molecule has 5 heteroatoms. The van der Waals surface area contributed by atoms with Crippen LogP contribution in [0.25, 0.3) is 0 Å². The minimum Gasteiger partial charge on any atom is -0.481 e. The Bertz CT molecular complexity index is 584. The first kappa shape index (κ1) is 18.2. The number of unbranched alkanes of at least 4 members (excludes halogenated alkanes) is 1. The smallest absolute Gasteiger partial charge is 0.324 e. The van der Waals surface area contributed by atoms with E-state index in [1.165, 1.54) is 0 Å². The molecule has 0 unspecified atom stereocenters. The number of hydrogen-bond donors (Lipinski definition) is 1. The number of carbonyl (C=O) groups is 2. The number of benzene rings is 1. The van der Waals surface area contributed by atoms with Crippen molar-refractivity contribution in [1.29, 1.82) is 0 Å². The number of piperidine rings is 1. The van der Waals surface area contributed by atoms with Crippen LogP contribution < -0.4 is 0 Å². The number of carboxylic acid groups (broad SMARTS) is 1. The Labute approximate surface area is 142 Å². The van der Waals surface area contributed by atoms with Crippen LogP contribution in [0.15, 0.2) is 42.5 Å². The molecule has 0 aliphatic carbocycles. The fourth-order valence-electron chi connectivity index (χ4n) is 3.04. The van der Waals surface area contributed by atoms with Gasteiger partial charge in [-0.1, -0.05) is 55.8 Å². The van der Waals surface area contributed by atoms with Crippen LogP contribution in [0.4, 0.5) is 0 Å². The molecular weight excluding hydrogens is 306 g/mol. The van der Waals surface area contributed by atoms with Gasteiger partial charge in [0.05, 0.1) is 12.5 Å². The van der Waals surface area contributed by atoms with Gasteiger partial charge in [0.25, 0.3) is 0 Å². The van der Waals surface area contributed by atoms with E-state index >= 15 is 0 Å². The summed E-state index contributed by atoms with van der Waals surface area (Å²) in [5.41, 5.74) is 1.86. The van der Waals surface area contributed by atoms with Crippen molar-refractivity contribution in [2.24, 2.45) is 5.92 Å². The number of rotatable bonds is 7. The number of hydrogen-bond acceptors (Lipinski definition) is 4. The average Bonchev–Trinajstić information content (AvgIpc) is 2.55. The monoisotopic (exact) mass is 331 g/mol. The van der Waals surface area contributed by atoms with E-state index in [1.807, 2.05) is 42.2 Å². The molecule has 5 nitrogen and oxygen atoms in total. The lowest BCUT2D eigenvalue weighted by atomic mass is 9.86. The maximum absolute atomic E-state index is 12.5. The summed E-state index contributed by atoms with van der Waals surface area (Å²) in [6.07, 6.45) is 2.01. The summed E-state index contributed by atoms with van der Waals surface area (Å²) < 4.78 is 5.33. The lowest BCUT2D eigenvalue weighted by Gasteiger charge is -2.38. The molecule has 1 fully saturated rings. The van der Waals surface area contributed by atoms with Crippen molar-refractivity contribution >= 4 is 11.9 Å². The SMILES string of the molecule is C=C1C[C@H](C(=O)O)[C@@H](C(=O)OCCCC)N(Cc2ccccc2)C1. The van der Waals surface area contributed by atoms with Gasteiger partial charge < -0.3 is 9.84 Å². The van der Waals surface area contributed by atoms with Crippen LogP contribution in [0.1, 0.15) is 31.7 Å². The topological polar surface area (TPSA) is 66.8 Å². The Morgan fingerprint density at radius 1 is 1.33 bits per heavy atom. The van der Waals surface area contributed by atoms with Gasteiger partial charge in [0.1, 0.15) is 6.04 Å². The molecule has 0 bridgehead atoms. The molecule has 130 valence electrons. The molecule has 1 aliphatic heterocycles. The number of ether oxygens (including phenoxy) is 1. The van der Waals surface area contributed by atoms with Crippen LogP contribution in [-0.2, 0) is 20.9 Å². The third-order valence-electron chi connectivity index (χ3n) is 4.24. The standard InChI is InChI=1S/C19H25NO4/c1-3-4-10-24-19(23)17-16(18(21)22)11-14(2)12-20(17)13-15-8-6-5-7-9-15/h5-9,16-17H,2-4,10-13H2,1H3,(H,21,22)/t16-,17-/m0/s1. The highest BCUT2D eigenvalue weighted by molar-refractivity contribution is 5.84. The molecule has 2 rings (SSSR count). The summed E-state index contributed by atoms with van der Waals surface area (Å²) in [5, 5.41) is 9.56. The highest BCUT2D eigenvalue weighted by Crippen LogP contribution is 2.29. The Morgan fingerprint density at radius 2 is 2.04 bits per heavy atom. The van der Waals surface area contributed by atoms with E-state index in [2.05, 4.69) is 6.58 Å². The van der Waals surface area contributed by atoms with Gasteiger partial charge in [0.15, 0.2) is 0 Å². The molecule has 0 radical (unpaired) electrons. The van der Waals surface area contributed by atoms with Crippen molar-refractivity contribution in [3.05, 3.63) is 48.0 Å². The van der Waals surface area contributed by atoms with Gasteiger partial charge in [-0.2, -0.15) is 0 Å². The van der Waals surface area contributed by atoms with Crippen molar-refractivity contribution in [2.45, 2.75) is 38.8 Å². The van der Waals surface area contributed by atoms with Crippen LogP contribution in [0.2, 0.25) is 0 Å². The maximum atomic E-state index is 12.5. The van der Waals surface area contributed by atoms with E-state index in [0.29, 0.717) is 26.1 Å². The number of aliphatic carboxylic acids is 1. The largest absolute Gasteiger partial charge is 0.481 e. The predicted octanol–water partition coefficient (Wildman–Crippen LogP) is 2.86. The number of esters is 1. The zero-order chi connectivity index (χ0) is 17.5. The fourth-order valence-corrected chi connectivity index (χ4v) is 3.04. The Kier molecular flexibility index (Phi) is 6.55. The van der Waals surface area contributed by atoms with E-state index in [1.54, 1.807) is 0 Å². The molecule has 2 atom stereocenters. The highest BCUT2D eigenvalue weighted by Gasteiger charge is 2.43. The average molecular weight is 331 g/mol. The minimum atomic E-state index is -0.980. The quantitative estimate of drug-likeness (QED) is 0.473. The van der Waals surface area contributed by atoms with Crippen molar-refractivity contribution in [3.8, 4) is 0 Å². The molecule has 0 amide bonds. The zero-order valence-corrected chi connectivity index (χ0v) is 14.1. The van der Waals surface area contributed by atoms with Gasteiger partial charge in [0, 0.05) is 13.1 Å². The van der Waals surface area contributed by atoms with Gasteiger partial charge in [0.2, 0.25) is 0 Å². The first-order chi connectivity index (χ1) is 11.5. The normalized spacial score (nSPS) is 21.5. The van der Waals surface area contributed by atoms with Crippen LogP contribution in [-0.4, -0.2) is 41.1 Å². The summed E-state index contributed by atoms with van der Waals surface area (Å²) in [4.78, 5) is 26.1. The van der Waals surface area contributed by atoms with Gasteiger partial charge in [-0.25, -0.2) is 0 Å². The molecule has 1 saturated heterocycles. The molecule has 1 N–H and O–H groups in total. The third-order valence-corrected chi connectivity index (χ3v) is 4.24. The molecule has 0 aromatic heterocycles. The van der Waals surface area contributed by atoms with Gasteiger partial charge in [-0.05, 0) is 18.4 Å². The highest BCUT2D eigenvalue weighted by atomic mass is 16.5. The second-order valence-corrected chi connectivity index (χ2v) is 6.26. The number of likely N-dealkylation sites (tertiary alicyclic amines) is 1. The van der Waals surface area contributed by atoms with E-state index < -0.39 is 23.9 Å². The first-order valence-electron chi connectivity index (χ1n) is 8.37. The lowest BCUT2D eigenvalue weighted by Crippen LogP contribution is -2.53. The maximum Gasteiger partial charge on any atom is 0.324 e. The summed E-state index contributed by atoms with van der Waals surface area (Å²) in [7, 11) is 0. The number of carboxylic acids is 1.